The molecular formula is C60H157N11O13. The molecule has 1 aliphatic heterocycles. The fourth-order valence-corrected chi connectivity index (χ4v) is 2.36. The summed E-state index contributed by atoms with van der Waals surface area (Å²) in [6.45, 7) is 66.1. The average Bonchev–Trinajstić information content (AvgIpc) is 3.57. The summed E-state index contributed by atoms with van der Waals surface area (Å²) in [7, 11) is 10.5. The van der Waals surface area contributed by atoms with E-state index < -0.39 is 0 Å². The van der Waals surface area contributed by atoms with Gasteiger partial charge in [-0.3, -0.25) is 4.79 Å². The van der Waals surface area contributed by atoms with Crippen LogP contribution in [0, 0.1) is 17.8 Å². The maximum absolute atomic E-state index is 10.7. The van der Waals surface area contributed by atoms with Gasteiger partial charge in [0.15, 0.2) is 0 Å². The maximum Gasteiger partial charge on any atom is 0.219 e. The molecule has 24 nitrogen and oxygen atoms in total. The van der Waals surface area contributed by atoms with Crippen molar-refractivity contribution < 1.29 is 62.6 Å². The summed E-state index contributed by atoms with van der Waals surface area (Å²) in [6, 6.07) is 10.5. The van der Waals surface area contributed by atoms with Crippen molar-refractivity contribution >= 4 is 73.8 Å². The molecule has 0 unspecified atom stereocenters. The van der Waals surface area contributed by atoms with Crippen LogP contribution in [-0.4, -0.2) is 165 Å². The third-order valence-corrected chi connectivity index (χ3v) is 6.08. The third kappa shape index (κ3) is 612. The Morgan fingerprint density at radius 2 is 0.619 bits per heavy atom. The minimum atomic E-state index is -0.167. The van der Waals surface area contributed by atoms with Gasteiger partial charge in [-0.25, -0.2) is 0 Å². The van der Waals surface area contributed by atoms with Crippen molar-refractivity contribution in [1.82, 2.24) is 23.4 Å². The highest BCUT2D eigenvalue weighted by molar-refractivity contribution is 5.73. The number of piperidine rings is 1. The fraction of sp³-hybridized carbons (Fsp3) is 0.717. The SMILES string of the molecule is C=O.C=O.C=O.C=O.C=O.C=O.C=O.C=O.C=O.C=O.CC.CC.CC(=O)N1CCCCC1.CC(C)O.CCC(C)C.CCC(C)C.CCC(C)C.CCOC(C)(C)C.CCc1ccccc1.CN.CN.CN.CN.CN.CN.CN.N.N.N. The molecule has 24 N–H and O–H groups in total. The Hall–Kier alpha value is -5.09. The number of carbonyl (C=O) groups excluding carboxylic acids is 11. The number of carbonyl (C=O) groups is 11. The first-order chi connectivity index (χ1) is 38.8. The fourth-order valence-electron chi connectivity index (χ4n) is 2.36. The van der Waals surface area contributed by atoms with Crippen molar-refractivity contribution in [1.29, 1.82) is 0 Å². The molecule has 1 saturated heterocycles. The van der Waals surface area contributed by atoms with Gasteiger partial charge in [-0.15, -0.1) is 0 Å². The normalized spacial score (nSPS) is 7.26. The number of rotatable bonds is 5. The Kier molecular flexibility index (Phi) is 679. The van der Waals surface area contributed by atoms with Crippen molar-refractivity contribution in [3.63, 3.8) is 0 Å². The summed E-state index contributed by atoms with van der Waals surface area (Å²) in [5.41, 5.74) is 33.0. The van der Waals surface area contributed by atoms with E-state index in [-0.39, 0.29) is 36.1 Å². The van der Waals surface area contributed by atoms with Crippen LogP contribution in [0.25, 0.3) is 0 Å². The number of likely N-dealkylation sites (tertiary alicyclic amines) is 1. The molecule has 24 heteroatoms. The van der Waals surface area contributed by atoms with Crippen molar-refractivity contribution in [2.45, 2.75) is 202 Å². The lowest BCUT2D eigenvalue weighted by Gasteiger charge is -2.24. The van der Waals surface area contributed by atoms with Gasteiger partial charge in [0.05, 0.1) is 5.60 Å². The van der Waals surface area contributed by atoms with Crippen LogP contribution in [0.4, 0.5) is 0 Å². The van der Waals surface area contributed by atoms with Crippen LogP contribution in [0.3, 0.4) is 0 Å². The third-order valence-electron chi connectivity index (χ3n) is 6.08. The number of aryl methyl sites for hydroxylation is 1. The van der Waals surface area contributed by atoms with Crippen LogP contribution in [0.2, 0.25) is 0 Å². The molecule has 0 aliphatic carbocycles. The van der Waals surface area contributed by atoms with E-state index in [1.807, 2.05) is 113 Å². The van der Waals surface area contributed by atoms with Gasteiger partial charge in [-0.1, -0.05) is 147 Å². The molecule has 1 fully saturated rings. The van der Waals surface area contributed by atoms with Crippen LogP contribution >= 0.6 is 0 Å². The molecule has 1 aromatic carbocycles. The summed E-state index contributed by atoms with van der Waals surface area (Å²) in [6.07, 6.45) is 8.57. The molecule has 530 valence electrons. The van der Waals surface area contributed by atoms with Crippen molar-refractivity contribution in [2.24, 2.45) is 57.9 Å². The summed E-state index contributed by atoms with van der Waals surface area (Å²) >= 11 is 0. The van der Waals surface area contributed by atoms with Gasteiger partial charge in [0.2, 0.25) is 5.91 Å². The largest absolute Gasteiger partial charge is 0.394 e. The van der Waals surface area contributed by atoms with Gasteiger partial charge in [-0.05, 0) is 140 Å². The highest BCUT2D eigenvalue weighted by atomic mass is 16.5. The zero-order valence-electron chi connectivity index (χ0n) is 60.8. The van der Waals surface area contributed by atoms with Gasteiger partial charge >= 0.3 is 0 Å². The second-order valence-corrected chi connectivity index (χ2v) is 13.5. The summed E-state index contributed by atoms with van der Waals surface area (Å²) in [4.78, 5) is 92.6. The van der Waals surface area contributed by atoms with E-state index in [1.54, 1.807) is 20.8 Å². The van der Waals surface area contributed by atoms with E-state index in [4.69, 9.17) is 57.8 Å². The number of hydrogen-bond acceptors (Lipinski definition) is 23. The number of nitrogens with two attached hydrogens (primary N) is 7. The first-order valence-electron chi connectivity index (χ1n) is 26.4. The second kappa shape index (κ2) is 321. The second-order valence-electron chi connectivity index (χ2n) is 13.5. The Labute approximate surface area is 523 Å². The number of amides is 1. The standard InChI is InChI=1S/C8H10.C7H13NO.C6H14O.3C5H12.C3H8O.2C2H6.7CH5N.10CH2O.3H3N/c1-2-8-6-4-3-5-7-8;1-7(9)8-5-3-2-4-6-8;1-5-7-6(2,3)4;3*1-4-5(2)3;1-3(2)4;19*1-2;;;/h3-7H,2H2,1H3;2-6H2,1H3;5H2,1-4H3;3*5H,4H2,1-3H3;3-4H,1-2H3;2*1-2H3;7*2H2,1H3;10*1H2;3*1H3. The summed E-state index contributed by atoms with van der Waals surface area (Å²) in [5, 5.41) is 8.06. The minimum absolute atomic E-state index is 0. The number of benzene rings is 1. The molecule has 2 rings (SSSR count). The number of aliphatic hydroxyl groups excluding tert-OH is 1. The molecule has 0 radical (unpaired) electrons. The number of aliphatic hydroxyl groups is 1. The molecule has 84 heavy (non-hydrogen) atoms. The zero-order valence-corrected chi connectivity index (χ0v) is 60.8. The van der Waals surface area contributed by atoms with Crippen molar-refractivity contribution in [3.8, 4) is 0 Å². The average molecular weight is 1240 g/mol. The molecule has 1 aliphatic rings. The number of nitrogens with zero attached hydrogens (tertiary/aromatic N) is 1. The van der Waals surface area contributed by atoms with E-state index in [0.29, 0.717) is 0 Å². The van der Waals surface area contributed by atoms with Gasteiger partial charge < -0.3 is 121 Å². The van der Waals surface area contributed by atoms with Crippen molar-refractivity contribution in [3.05, 3.63) is 35.9 Å². The van der Waals surface area contributed by atoms with Crippen molar-refractivity contribution in [2.75, 3.05) is 69.0 Å². The first-order valence-corrected chi connectivity index (χ1v) is 26.4. The lowest BCUT2D eigenvalue weighted by atomic mass is 10.1. The highest BCUT2D eigenvalue weighted by Gasteiger charge is 2.11. The highest BCUT2D eigenvalue weighted by Crippen LogP contribution is 2.08. The Morgan fingerprint density at radius 1 is 0.452 bits per heavy atom. The molecule has 0 spiro atoms. The lowest BCUT2D eigenvalue weighted by molar-refractivity contribution is -0.129. The monoisotopic (exact) mass is 1240 g/mol. The molecule has 0 atom stereocenters. The Balaban J connectivity index is -0.0000000165. The minimum Gasteiger partial charge on any atom is -0.394 e. The summed E-state index contributed by atoms with van der Waals surface area (Å²) < 4.78 is 5.23. The molecule has 0 aromatic heterocycles. The first kappa shape index (κ1) is 178. The molecule has 0 saturated carbocycles. The van der Waals surface area contributed by atoms with Crippen LogP contribution < -0.4 is 58.6 Å². The smallest absolute Gasteiger partial charge is 0.219 e. The van der Waals surface area contributed by atoms with Crippen LogP contribution in [0.1, 0.15) is 189 Å². The van der Waals surface area contributed by atoms with E-state index in [0.717, 1.165) is 43.9 Å². The van der Waals surface area contributed by atoms with Gasteiger partial charge in [0.1, 0.15) is 67.9 Å². The van der Waals surface area contributed by atoms with E-state index in [1.165, 1.54) is 93.4 Å². The van der Waals surface area contributed by atoms with Crippen LogP contribution in [0.15, 0.2) is 30.3 Å². The van der Waals surface area contributed by atoms with E-state index in [2.05, 4.69) is 154 Å². The zero-order chi connectivity index (χ0) is 72.9. The Morgan fingerprint density at radius 3 is 0.690 bits per heavy atom. The van der Waals surface area contributed by atoms with Gasteiger partial charge in [0.25, 0.3) is 0 Å². The topological polar surface area (TPSA) is 508 Å². The summed E-state index contributed by atoms with van der Waals surface area (Å²) in [5.74, 6) is 2.88. The predicted octanol–water partition coefficient (Wildman–Crippen LogP) is 9.35. The van der Waals surface area contributed by atoms with Crippen LogP contribution in [-0.2, 0) is 63.9 Å². The Bertz CT molecular complexity index is 794. The van der Waals surface area contributed by atoms with Gasteiger partial charge in [-0.2, -0.15) is 0 Å². The number of ether oxygens (including phenoxy) is 1. The van der Waals surface area contributed by atoms with Crippen LogP contribution in [0.5, 0.6) is 0 Å². The molecule has 1 aromatic rings. The molecular weight excluding hydrogens is 1080 g/mol. The maximum atomic E-state index is 10.7. The van der Waals surface area contributed by atoms with E-state index >= 15 is 0 Å². The molecule has 1 heterocycles. The molecule has 0 bridgehead atoms. The number of hydrogen-bond donors (Lipinski definition) is 11. The van der Waals surface area contributed by atoms with E-state index in [9.17, 15) is 4.79 Å². The molecule has 1 amide bonds. The van der Waals surface area contributed by atoms with Gasteiger partial charge in [0, 0.05) is 32.7 Å². The predicted molar refractivity (Wildman–Crippen MR) is 376 cm³/mol. The lowest BCUT2D eigenvalue weighted by Crippen LogP contribution is -2.33. The quantitative estimate of drug-likeness (QED) is 0.131.